The van der Waals surface area contributed by atoms with Gasteiger partial charge in [0.15, 0.2) is 0 Å². The first kappa shape index (κ1) is 15.3. The van der Waals surface area contributed by atoms with Gasteiger partial charge in [0.1, 0.15) is 11.4 Å². The largest absolute Gasteiger partial charge is 0.478 e. The summed E-state index contributed by atoms with van der Waals surface area (Å²) in [5, 5.41) is 14.1. The number of hydrogen-bond acceptors (Lipinski definition) is 2. The average molecular weight is 294 g/mol. The summed E-state index contributed by atoms with van der Waals surface area (Å²) in [5.74, 6) is -2.28. The highest BCUT2D eigenvalue weighted by Gasteiger charge is 2.35. The molecular weight excluding hydrogens is 275 g/mol. The van der Waals surface area contributed by atoms with Crippen molar-refractivity contribution in [3.63, 3.8) is 0 Å². The molecule has 1 aromatic rings. The summed E-state index contributed by atoms with van der Waals surface area (Å²) in [4.78, 5) is 22.9. The number of carbonyl (C=O) groups is 2. The van der Waals surface area contributed by atoms with E-state index in [4.69, 9.17) is 5.11 Å². The van der Waals surface area contributed by atoms with E-state index in [2.05, 4.69) is 17.6 Å². The molecule has 0 saturated heterocycles. The van der Waals surface area contributed by atoms with Gasteiger partial charge in [0.25, 0.3) is 0 Å². The minimum atomic E-state index is -1.41. The van der Waals surface area contributed by atoms with E-state index in [9.17, 15) is 14.0 Å². The van der Waals surface area contributed by atoms with Crippen LogP contribution >= 0.6 is 0 Å². The molecular formula is C15H19FN2O3. The van der Waals surface area contributed by atoms with Gasteiger partial charge < -0.3 is 15.7 Å². The normalized spacial score (nSPS) is 15.9. The summed E-state index contributed by atoms with van der Waals surface area (Å²) >= 11 is 0. The molecule has 1 fully saturated rings. The second-order valence-electron chi connectivity index (χ2n) is 5.48. The van der Waals surface area contributed by atoms with Crippen molar-refractivity contribution in [3.05, 3.63) is 29.6 Å². The number of rotatable bonds is 5. The minimum Gasteiger partial charge on any atom is -0.478 e. The molecule has 0 bridgehead atoms. The molecule has 6 heteroatoms. The van der Waals surface area contributed by atoms with Gasteiger partial charge in [-0.2, -0.15) is 0 Å². The molecule has 1 aliphatic rings. The Morgan fingerprint density at radius 1 is 1.38 bits per heavy atom. The van der Waals surface area contributed by atoms with Crippen LogP contribution in [0.3, 0.4) is 0 Å². The number of urea groups is 1. The first-order valence-corrected chi connectivity index (χ1v) is 7.04. The van der Waals surface area contributed by atoms with Crippen molar-refractivity contribution in [2.24, 2.45) is 5.41 Å². The third-order valence-corrected chi connectivity index (χ3v) is 4.26. The number of aromatic carboxylic acids is 1. The molecule has 0 aliphatic heterocycles. The van der Waals surface area contributed by atoms with Gasteiger partial charge in [-0.3, -0.25) is 0 Å². The topological polar surface area (TPSA) is 78.4 Å². The van der Waals surface area contributed by atoms with Crippen LogP contribution in [0.1, 0.15) is 43.0 Å². The highest BCUT2D eigenvalue weighted by atomic mass is 19.1. The SMILES string of the molecule is CCC1(CNC(=O)Nc2cccc(F)c2C(=O)O)CCC1. The van der Waals surface area contributed by atoms with Crippen LogP contribution in [0.15, 0.2) is 18.2 Å². The van der Waals surface area contributed by atoms with Crippen molar-refractivity contribution >= 4 is 17.7 Å². The van der Waals surface area contributed by atoms with Crippen molar-refractivity contribution in [1.29, 1.82) is 0 Å². The molecule has 0 spiro atoms. The zero-order chi connectivity index (χ0) is 15.5. The van der Waals surface area contributed by atoms with Crippen LogP contribution in [0, 0.1) is 11.2 Å². The first-order chi connectivity index (χ1) is 9.97. The molecule has 114 valence electrons. The summed E-state index contributed by atoms with van der Waals surface area (Å²) in [6, 6.07) is 3.26. The molecule has 0 aromatic heterocycles. The second-order valence-corrected chi connectivity index (χ2v) is 5.48. The van der Waals surface area contributed by atoms with Crippen LogP contribution < -0.4 is 10.6 Å². The second kappa shape index (κ2) is 6.11. The zero-order valence-electron chi connectivity index (χ0n) is 11.9. The first-order valence-electron chi connectivity index (χ1n) is 7.04. The Kier molecular flexibility index (Phi) is 4.45. The average Bonchev–Trinajstić information content (AvgIpc) is 2.37. The lowest BCUT2D eigenvalue weighted by Crippen LogP contribution is -2.43. The van der Waals surface area contributed by atoms with E-state index < -0.39 is 23.4 Å². The lowest BCUT2D eigenvalue weighted by Gasteiger charge is -2.41. The van der Waals surface area contributed by atoms with E-state index >= 15 is 0 Å². The maximum atomic E-state index is 13.5. The number of amides is 2. The Morgan fingerprint density at radius 3 is 2.62 bits per heavy atom. The monoisotopic (exact) mass is 294 g/mol. The molecule has 1 saturated carbocycles. The summed E-state index contributed by atoms with van der Waals surface area (Å²) in [7, 11) is 0. The van der Waals surface area contributed by atoms with E-state index in [0.717, 1.165) is 25.3 Å². The number of halogens is 1. The third kappa shape index (κ3) is 3.32. The maximum Gasteiger partial charge on any atom is 0.340 e. The molecule has 3 N–H and O–H groups in total. The Bertz CT molecular complexity index is 550. The predicted octanol–water partition coefficient (Wildman–Crippen LogP) is 3.23. The molecule has 0 atom stereocenters. The fourth-order valence-corrected chi connectivity index (χ4v) is 2.61. The summed E-state index contributed by atoms with van der Waals surface area (Å²) in [6.45, 7) is 2.64. The van der Waals surface area contributed by atoms with E-state index in [0.29, 0.717) is 6.54 Å². The molecule has 2 amide bonds. The number of carboxylic acid groups (broad SMARTS) is 1. The molecule has 0 radical (unpaired) electrons. The minimum absolute atomic E-state index is 0.0424. The predicted molar refractivity (Wildman–Crippen MR) is 77.0 cm³/mol. The molecule has 0 heterocycles. The number of benzene rings is 1. The van der Waals surface area contributed by atoms with Gasteiger partial charge in [0.2, 0.25) is 0 Å². The van der Waals surface area contributed by atoms with Crippen molar-refractivity contribution in [2.75, 3.05) is 11.9 Å². The van der Waals surface area contributed by atoms with Gasteiger partial charge >= 0.3 is 12.0 Å². The maximum absolute atomic E-state index is 13.5. The van der Waals surface area contributed by atoms with Gasteiger partial charge in [-0.15, -0.1) is 0 Å². The summed E-state index contributed by atoms with van der Waals surface area (Å²) < 4.78 is 13.5. The van der Waals surface area contributed by atoms with Crippen molar-refractivity contribution in [2.45, 2.75) is 32.6 Å². The quantitative estimate of drug-likeness (QED) is 0.780. The van der Waals surface area contributed by atoms with Crippen LogP contribution in [0.4, 0.5) is 14.9 Å². The van der Waals surface area contributed by atoms with Crippen molar-refractivity contribution in [3.8, 4) is 0 Å². The van der Waals surface area contributed by atoms with Crippen molar-refractivity contribution in [1.82, 2.24) is 5.32 Å². The van der Waals surface area contributed by atoms with E-state index in [1.54, 1.807) is 0 Å². The molecule has 2 rings (SSSR count). The third-order valence-electron chi connectivity index (χ3n) is 4.26. The van der Waals surface area contributed by atoms with Gasteiger partial charge in [-0.25, -0.2) is 14.0 Å². The van der Waals surface area contributed by atoms with Crippen LogP contribution in [0.2, 0.25) is 0 Å². The van der Waals surface area contributed by atoms with Crippen molar-refractivity contribution < 1.29 is 19.1 Å². The highest BCUT2D eigenvalue weighted by molar-refractivity contribution is 6.00. The standard InChI is InChI=1S/C15H19FN2O3/c1-2-15(7-4-8-15)9-17-14(21)18-11-6-3-5-10(16)12(11)13(19)20/h3,5-6H,2,4,7-9H2,1H3,(H,19,20)(H2,17,18,21). The highest BCUT2D eigenvalue weighted by Crippen LogP contribution is 2.43. The van der Waals surface area contributed by atoms with Gasteiger partial charge in [-0.05, 0) is 36.8 Å². The van der Waals surface area contributed by atoms with E-state index in [1.807, 2.05) is 0 Å². The number of carboxylic acids is 1. The summed E-state index contributed by atoms with van der Waals surface area (Å²) in [6.07, 6.45) is 4.34. The van der Waals surface area contributed by atoms with Crippen LogP contribution in [-0.2, 0) is 0 Å². The van der Waals surface area contributed by atoms with E-state index in [1.165, 1.54) is 18.6 Å². The van der Waals surface area contributed by atoms with Crippen LogP contribution in [0.5, 0.6) is 0 Å². The lowest BCUT2D eigenvalue weighted by molar-refractivity contribution is 0.0693. The number of anilines is 1. The number of nitrogens with one attached hydrogen (secondary N) is 2. The Balaban J connectivity index is 2.00. The summed E-state index contributed by atoms with van der Waals surface area (Å²) in [5.41, 5.74) is -0.407. The Labute approximate surface area is 122 Å². The zero-order valence-corrected chi connectivity index (χ0v) is 11.9. The molecule has 0 unspecified atom stereocenters. The van der Waals surface area contributed by atoms with Crippen LogP contribution in [-0.4, -0.2) is 23.7 Å². The van der Waals surface area contributed by atoms with Gasteiger partial charge in [-0.1, -0.05) is 19.4 Å². The molecule has 5 nitrogen and oxygen atoms in total. The number of carbonyl (C=O) groups excluding carboxylic acids is 1. The molecule has 1 aromatic carbocycles. The Morgan fingerprint density at radius 2 is 2.10 bits per heavy atom. The number of hydrogen-bond donors (Lipinski definition) is 3. The lowest BCUT2D eigenvalue weighted by atomic mass is 9.67. The molecule has 21 heavy (non-hydrogen) atoms. The van der Waals surface area contributed by atoms with E-state index in [-0.39, 0.29) is 11.1 Å². The smallest absolute Gasteiger partial charge is 0.340 e. The van der Waals surface area contributed by atoms with Crippen LogP contribution in [0.25, 0.3) is 0 Å². The molecule has 1 aliphatic carbocycles. The van der Waals surface area contributed by atoms with Gasteiger partial charge in [0, 0.05) is 6.54 Å². The fraction of sp³-hybridized carbons (Fsp3) is 0.467. The fourth-order valence-electron chi connectivity index (χ4n) is 2.61. The Hall–Kier alpha value is -2.11. The van der Waals surface area contributed by atoms with Gasteiger partial charge in [0.05, 0.1) is 5.69 Å².